The Bertz CT molecular complexity index is 565. The lowest BCUT2D eigenvalue weighted by Crippen LogP contribution is -2.36. The molecule has 2 rings (SSSR count). The van der Waals surface area contributed by atoms with Crippen LogP contribution in [-0.2, 0) is 14.3 Å². The summed E-state index contributed by atoms with van der Waals surface area (Å²) < 4.78 is 11.0. The summed E-state index contributed by atoms with van der Waals surface area (Å²) in [6.07, 6.45) is 4.08. The molecule has 1 aromatic carbocycles. The van der Waals surface area contributed by atoms with Crippen LogP contribution in [0.25, 0.3) is 0 Å². The van der Waals surface area contributed by atoms with E-state index in [2.05, 4.69) is 13.8 Å². The van der Waals surface area contributed by atoms with E-state index in [4.69, 9.17) is 9.47 Å². The highest BCUT2D eigenvalue weighted by atomic mass is 16.5. The highest BCUT2D eigenvalue weighted by Crippen LogP contribution is 2.34. The highest BCUT2D eigenvalue weighted by molar-refractivity contribution is 5.83. The van der Waals surface area contributed by atoms with Crippen molar-refractivity contribution < 1.29 is 19.1 Å². The van der Waals surface area contributed by atoms with Crippen LogP contribution in [0.5, 0.6) is 5.75 Å². The number of hydrogen-bond acceptors (Lipinski definition) is 4. The van der Waals surface area contributed by atoms with Gasteiger partial charge >= 0.3 is 11.9 Å². The van der Waals surface area contributed by atoms with E-state index in [1.807, 2.05) is 31.2 Å². The molecule has 2 atom stereocenters. The Morgan fingerprint density at radius 2 is 1.71 bits per heavy atom. The van der Waals surface area contributed by atoms with Gasteiger partial charge in [-0.2, -0.15) is 0 Å². The van der Waals surface area contributed by atoms with Gasteiger partial charge < -0.3 is 9.47 Å². The predicted octanol–water partition coefficient (Wildman–Crippen LogP) is 4.48. The molecule has 1 aliphatic rings. The Labute approximate surface area is 144 Å². The summed E-state index contributed by atoms with van der Waals surface area (Å²) in [5, 5.41) is 0. The topological polar surface area (TPSA) is 52.6 Å². The van der Waals surface area contributed by atoms with Gasteiger partial charge in [-0.1, -0.05) is 51.8 Å². The van der Waals surface area contributed by atoms with Crippen LogP contribution in [0.1, 0.15) is 64.4 Å². The van der Waals surface area contributed by atoms with Gasteiger partial charge in [0.15, 0.2) is 0 Å². The maximum atomic E-state index is 12.7. The molecule has 1 aromatic rings. The SMILES string of the molecule is CCCOC(=O)C1CCCCC1C(=O)Oc1ccccc1C(C)C. The van der Waals surface area contributed by atoms with Crippen molar-refractivity contribution in [3.8, 4) is 5.75 Å². The van der Waals surface area contributed by atoms with Gasteiger partial charge in [0, 0.05) is 0 Å². The number of hydrogen-bond donors (Lipinski definition) is 0. The summed E-state index contributed by atoms with van der Waals surface area (Å²) in [5.74, 6) is -0.460. The van der Waals surface area contributed by atoms with Crippen LogP contribution >= 0.6 is 0 Å². The molecule has 2 unspecified atom stereocenters. The van der Waals surface area contributed by atoms with E-state index in [9.17, 15) is 9.59 Å². The van der Waals surface area contributed by atoms with E-state index in [0.29, 0.717) is 25.2 Å². The summed E-state index contributed by atoms with van der Waals surface area (Å²) in [7, 11) is 0. The highest BCUT2D eigenvalue weighted by Gasteiger charge is 2.38. The first kappa shape index (κ1) is 18.5. The van der Waals surface area contributed by atoms with Crippen molar-refractivity contribution in [3.63, 3.8) is 0 Å². The van der Waals surface area contributed by atoms with Crippen LogP contribution in [0.4, 0.5) is 0 Å². The lowest BCUT2D eigenvalue weighted by molar-refractivity contribution is -0.158. The minimum atomic E-state index is -0.400. The van der Waals surface area contributed by atoms with E-state index in [1.165, 1.54) is 0 Å². The van der Waals surface area contributed by atoms with Crippen molar-refractivity contribution in [2.24, 2.45) is 11.8 Å². The van der Waals surface area contributed by atoms with Gasteiger partial charge in [0.25, 0.3) is 0 Å². The van der Waals surface area contributed by atoms with Crippen LogP contribution in [0.3, 0.4) is 0 Å². The largest absolute Gasteiger partial charge is 0.465 e. The fourth-order valence-corrected chi connectivity index (χ4v) is 3.24. The molecule has 0 aromatic heterocycles. The van der Waals surface area contributed by atoms with Crippen molar-refractivity contribution in [2.45, 2.75) is 58.8 Å². The van der Waals surface area contributed by atoms with Crippen LogP contribution < -0.4 is 4.74 Å². The van der Waals surface area contributed by atoms with Crippen molar-refractivity contribution in [3.05, 3.63) is 29.8 Å². The molecule has 132 valence electrons. The molecular weight excluding hydrogens is 304 g/mol. The summed E-state index contributed by atoms with van der Waals surface area (Å²) in [4.78, 5) is 25.0. The van der Waals surface area contributed by atoms with E-state index in [0.717, 1.165) is 24.8 Å². The number of carbonyl (C=O) groups is 2. The average molecular weight is 332 g/mol. The lowest BCUT2D eigenvalue weighted by Gasteiger charge is -2.28. The van der Waals surface area contributed by atoms with Gasteiger partial charge in [-0.15, -0.1) is 0 Å². The summed E-state index contributed by atoms with van der Waals surface area (Å²) in [6.45, 7) is 6.51. The molecule has 0 bridgehead atoms. The van der Waals surface area contributed by atoms with E-state index in [1.54, 1.807) is 0 Å². The normalized spacial score (nSPS) is 20.7. The second-order valence-corrected chi connectivity index (χ2v) is 6.78. The molecular formula is C20H28O4. The Morgan fingerprint density at radius 1 is 1.08 bits per heavy atom. The standard InChI is InChI=1S/C20H28O4/c1-4-13-23-19(21)16-10-5-6-11-17(16)20(22)24-18-12-8-7-9-15(18)14(2)3/h7-9,12,14,16-17H,4-6,10-11,13H2,1-3H3. The summed E-state index contributed by atoms with van der Waals surface area (Å²) in [6, 6.07) is 7.60. The monoisotopic (exact) mass is 332 g/mol. The molecule has 0 N–H and O–H groups in total. The van der Waals surface area contributed by atoms with Crippen molar-refractivity contribution >= 4 is 11.9 Å². The molecule has 4 nitrogen and oxygen atoms in total. The summed E-state index contributed by atoms with van der Waals surface area (Å²) >= 11 is 0. The maximum absolute atomic E-state index is 12.7. The van der Waals surface area contributed by atoms with Gasteiger partial charge in [-0.3, -0.25) is 9.59 Å². The third-order valence-electron chi connectivity index (χ3n) is 4.57. The minimum Gasteiger partial charge on any atom is -0.465 e. The van der Waals surface area contributed by atoms with E-state index in [-0.39, 0.29) is 23.8 Å². The molecule has 1 aliphatic carbocycles. The zero-order valence-electron chi connectivity index (χ0n) is 14.9. The fraction of sp³-hybridized carbons (Fsp3) is 0.600. The van der Waals surface area contributed by atoms with Crippen molar-refractivity contribution in [2.75, 3.05) is 6.61 Å². The van der Waals surface area contributed by atoms with Crippen LogP contribution in [-0.4, -0.2) is 18.5 Å². The molecule has 0 amide bonds. The fourth-order valence-electron chi connectivity index (χ4n) is 3.24. The first-order valence-electron chi connectivity index (χ1n) is 9.01. The van der Waals surface area contributed by atoms with Gasteiger partial charge in [0.05, 0.1) is 18.4 Å². The molecule has 1 fully saturated rings. The third kappa shape index (κ3) is 4.59. The number of esters is 2. The Hall–Kier alpha value is -1.84. The third-order valence-corrected chi connectivity index (χ3v) is 4.57. The van der Waals surface area contributed by atoms with Crippen molar-refractivity contribution in [1.82, 2.24) is 0 Å². The van der Waals surface area contributed by atoms with Gasteiger partial charge in [-0.25, -0.2) is 0 Å². The molecule has 0 aliphatic heterocycles. The summed E-state index contributed by atoms with van der Waals surface area (Å²) in [5.41, 5.74) is 1.01. The van der Waals surface area contributed by atoms with Crippen LogP contribution in [0.2, 0.25) is 0 Å². The van der Waals surface area contributed by atoms with E-state index < -0.39 is 5.92 Å². The number of benzene rings is 1. The predicted molar refractivity (Wildman–Crippen MR) is 92.9 cm³/mol. The molecule has 0 spiro atoms. The molecule has 0 heterocycles. The minimum absolute atomic E-state index is 0.254. The van der Waals surface area contributed by atoms with E-state index >= 15 is 0 Å². The second kappa shape index (κ2) is 8.86. The molecule has 0 radical (unpaired) electrons. The second-order valence-electron chi connectivity index (χ2n) is 6.78. The quantitative estimate of drug-likeness (QED) is 0.569. The maximum Gasteiger partial charge on any atom is 0.315 e. The van der Waals surface area contributed by atoms with Crippen LogP contribution in [0, 0.1) is 11.8 Å². The Balaban J connectivity index is 2.10. The number of rotatable bonds is 6. The Morgan fingerprint density at radius 3 is 2.33 bits per heavy atom. The zero-order chi connectivity index (χ0) is 17.5. The molecule has 0 saturated heterocycles. The van der Waals surface area contributed by atoms with Gasteiger partial charge in [0.2, 0.25) is 0 Å². The van der Waals surface area contributed by atoms with Crippen molar-refractivity contribution in [1.29, 1.82) is 0 Å². The molecule has 24 heavy (non-hydrogen) atoms. The Kier molecular flexibility index (Phi) is 6.83. The smallest absolute Gasteiger partial charge is 0.315 e. The zero-order valence-corrected chi connectivity index (χ0v) is 14.9. The van der Waals surface area contributed by atoms with Crippen LogP contribution in [0.15, 0.2) is 24.3 Å². The average Bonchev–Trinajstić information content (AvgIpc) is 2.59. The lowest BCUT2D eigenvalue weighted by atomic mass is 9.79. The number of carbonyl (C=O) groups excluding carboxylic acids is 2. The number of ether oxygens (including phenoxy) is 2. The first-order chi connectivity index (χ1) is 11.5. The molecule has 4 heteroatoms. The number of para-hydroxylation sites is 1. The van der Waals surface area contributed by atoms with Gasteiger partial charge in [-0.05, 0) is 36.8 Å². The molecule has 1 saturated carbocycles. The first-order valence-corrected chi connectivity index (χ1v) is 9.01. The van der Waals surface area contributed by atoms with Gasteiger partial charge in [0.1, 0.15) is 5.75 Å².